The number of nitrogens with zero attached hydrogens (tertiary/aromatic N) is 4. The van der Waals surface area contributed by atoms with E-state index in [1.807, 2.05) is 0 Å². The lowest BCUT2D eigenvalue weighted by Gasteiger charge is -2.13. The van der Waals surface area contributed by atoms with Crippen LogP contribution >= 0.6 is 11.6 Å². The normalized spacial score (nSPS) is 16.6. The molecule has 1 aliphatic heterocycles. The molecule has 0 bridgehead atoms. The molecule has 16 heavy (non-hydrogen) atoms. The van der Waals surface area contributed by atoms with Crippen LogP contribution in [0.3, 0.4) is 0 Å². The van der Waals surface area contributed by atoms with E-state index >= 15 is 0 Å². The summed E-state index contributed by atoms with van der Waals surface area (Å²) in [6, 6.07) is 0.191. The molecule has 1 aromatic rings. The molecular weight excluding hydrogens is 230 g/mol. The van der Waals surface area contributed by atoms with Crippen LogP contribution in [0.4, 0.5) is 5.95 Å². The molecule has 0 atom stereocenters. The minimum atomic E-state index is 0.0590. The third-order valence-electron chi connectivity index (χ3n) is 2.44. The van der Waals surface area contributed by atoms with Crippen molar-refractivity contribution in [2.24, 2.45) is 0 Å². The summed E-state index contributed by atoms with van der Waals surface area (Å²) in [5.41, 5.74) is 5.42. The molecule has 0 radical (unpaired) electrons. The van der Waals surface area contributed by atoms with E-state index in [1.165, 1.54) is 12.8 Å². The molecule has 2 heterocycles. The molecule has 1 aliphatic rings. The van der Waals surface area contributed by atoms with Crippen LogP contribution in [0.1, 0.15) is 12.8 Å². The van der Waals surface area contributed by atoms with Gasteiger partial charge in [0.25, 0.3) is 0 Å². The minimum absolute atomic E-state index is 0.0590. The second kappa shape index (κ2) is 5.27. The maximum absolute atomic E-state index is 5.62. The minimum Gasteiger partial charge on any atom is -0.462 e. The van der Waals surface area contributed by atoms with Gasteiger partial charge in [-0.2, -0.15) is 15.0 Å². The van der Waals surface area contributed by atoms with Crippen LogP contribution < -0.4 is 10.5 Å². The number of nitrogen functional groups attached to an aromatic ring is 1. The largest absolute Gasteiger partial charge is 0.462 e. The van der Waals surface area contributed by atoms with E-state index in [1.54, 1.807) is 0 Å². The van der Waals surface area contributed by atoms with Crippen molar-refractivity contribution < 1.29 is 4.74 Å². The van der Waals surface area contributed by atoms with Gasteiger partial charge in [0, 0.05) is 6.54 Å². The van der Waals surface area contributed by atoms with E-state index < -0.39 is 0 Å². The van der Waals surface area contributed by atoms with Crippen molar-refractivity contribution in [3.8, 4) is 6.01 Å². The molecule has 1 saturated heterocycles. The van der Waals surface area contributed by atoms with Crippen LogP contribution in [0.2, 0.25) is 5.28 Å². The fraction of sp³-hybridized carbons (Fsp3) is 0.667. The van der Waals surface area contributed by atoms with Gasteiger partial charge in [-0.3, -0.25) is 4.90 Å². The van der Waals surface area contributed by atoms with E-state index in [-0.39, 0.29) is 17.2 Å². The first-order chi connectivity index (χ1) is 7.74. The van der Waals surface area contributed by atoms with Crippen LogP contribution in [0, 0.1) is 0 Å². The molecule has 0 aliphatic carbocycles. The zero-order valence-corrected chi connectivity index (χ0v) is 9.65. The third kappa shape index (κ3) is 3.18. The van der Waals surface area contributed by atoms with Gasteiger partial charge in [-0.25, -0.2) is 0 Å². The molecule has 1 aromatic heterocycles. The zero-order chi connectivity index (χ0) is 11.4. The summed E-state index contributed by atoms with van der Waals surface area (Å²) in [7, 11) is 0. The van der Waals surface area contributed by atoms with E-state index in [2.05, 4.69) is 19.9 Å². The Morgan fingerprint density at radius 3 is 2.69 bits per heavy atom. The monoisotopic (exact) mass is 243 g/mol. The first-order valence-corrected chi connectivity index (χ1v) is 5.64. The van der Waals surface area contributed by atoms with Crippen molar-refractivity contribution in [3.63, 3.8) is 0 Å². The van der Waals surface area contributed by atoms with Crippen molar-refractivity contribution >= 4 is 17.5 Å². The molecule has 1 fully saturated rings. The van der Waals surface area contributed by atoms with E-state index in [0.717, 1.165) is 19.6 Å². The third-order valence-corrected chi connectivity index (χ3v) is 2.61. The Bertz CT molecular complexity index is 336. The summed E-state index contributed by atoms with van der Waals surface area (Å²) in [5.74, 6) is 0.0798. The van der Waals surface area contributed by atoms with Crippen LogP contribution in [0.25, 0.3) is 0 Å². The summed E-state index contributed by atoms with van der Waals surface area (Å²) in [4.78, 5) is 13.6. The number of aromatic nitrogens is 3. The Morgan fingerprint density at radius 2 is 2.00 bits per heavy atom. The predicted molar refractivity (Wildman–Crippen MR) is 60.4 cm³/mol. The molecule has 2 rings (SSSR count). The van der Waals surface area contributed by atoms with Gasteiger partial charge in [0.15, 0.2) is 0 Å². The van der Waals surface area contributed by atoms with Crippen molar-refractivity contribution in [1.29, 1.82) is 0 Å². The molecule has 6 nitrogen and oxygen atoms in total. The Morgan fingerprint density at radius 1 is 1.25 bits per heavy atom. The Kier molecular flexibility index (Phi) is 3.74. The zero-order valence-electron chi connectivity index (χ0n) is 8.90. The fourth-order valence-corrected chi connectivity index (χ4v) is 1.84. The van der Waals surface area contributed by atoms with Gasteiger partial charge in [-0.1, -0.05) is 0 Å². The fourth-order valence-electron chi connectivity index (χ4n) is 1.68. The van der Waals surface area contributed by atoms with E-state index in [0.29, 0.717) is 6.61 Å². The molecule has 0 amide bonds. The summed E-state index contributed by atoms with van der Waals surface area (Å²) in [6.45, 7) is 3.70. The predicted octanol–water partition coefficient (Wildman–Crippen LogP) is 0.582. The summed E-state index contributed by atoms with van der Waals surface area (Å²) >= 11 is 5.62. The van der Waals surface area contributed by atoms with Gasteiger partial charge in [0.05, 0.1) is 0 Å². The van der Waals surface area contributed by atoms with Gasteiger partial charge < -0.3 is 10.5 Å². The molecule has 0 aromatic carbocycles. The molecule has 0 unspecified atom stereocenters. The lowest BCUT2D eigenvalue weighted by Crippen LogP contribution is -2.25. The van der Waals surface area contributed by atoms with E-state index in [9.17, 15) is 0 Å². The van der Waals surface area contributed by atoms with Crippen molar-refractivity contribution in [2.45, 2.75) is 12.8 Å². The van der Waals surface area contributed by atoms with Crippen molar-refractivity contribution in [2.75, 3.05) is 32.0 Å². The number of halogens is 1. The van der Waals surface area contributed by atoms with Crippen molar-refractivity contribution in [3.05, 3.63) is 5.28 Å². The number of likely N-dealkylation sites (tertiary alicyclic amines) is 1. The molecule has 7 heteroatoms. The highest BCUT2D eigenvalue weighted by Crippen LogP contribution is 2.10. The maximum atomic E-state index is 5.62. The summed E-state index contributed by atoms with van der Waals surface area (Å²) in [5, 5.41) is 0.0590. The van der Waals surface area contributed by atoms with Gasteiger partial charge in [-0.15, -0.1) is 0 Å². The van der Waals surface area contributed by atoms with Gasteiger partial charge >= 0.3 is 6.01 Å². The molecule has 0 saturated carbocycles. The average molecular weight is 244 g/mol. The average Bonchev–Trinajstić information content (AvgIpc) is 2.69. The van der Waals surface area contributed by atoms with Gasteiger partial charge in [0.1, 0.15) is 6.61 Å². The van der Waals surface area contributed by atoms with Crippen LogP contribution in [-0.4, -0.2) is 46.1 Å². The second-order valence-corrected chi connectivity index (χ2v) is 3.98. The van der Waals surface area contributed by atoms with Crippen LogP contribution in [0.5, 0.6) is 6.01 Å². The Labute approximate surface area is 98.8 Å². The highest BCUT2D eigenvalue weighted by molar-refractivity contribution is 6.28. The maximum Gasteiger partial charge on any atom is 0.322 e. The molecular formula is C9H14ClN5O. The topological polar surface area (TPSA) is 77.2 Å². The number of anilines is 1. The Balaban J connectivity index is 1.80. The highest BCUT2D eigenvalue weighted by atomic mass is 35.5. The number of hydrogen-bond donors (Lipinski definition) is 1. The molecule has 0 spiro atoms. The van der Waals surface area contributed by atoms with Crippen LogP contribution in [-0.2, 0) is 0 Å². The first kappa shape index (κ1) is 11.3. The number of ether oxygens (including phenoxy) is 1. The standard InChI is InChI=1S/C9H14ClN5O/c10-7-12-8(11)14-9(13-7)16-6-5-15-3-1-2-4-15/h1-6H2,(H2,11,12,13,14). The lowest BCUT2D eigenvalue weighted by molar-refractivity contribution is 0.225. The van der Waals surface area contributed by atoms with Gasteiger partial charge in [0.2, 0.25) is 11.2 Å². The highest BCUT2D eigenvalue weighted by Gasteiger charge is 2.11. The lowest BCUT2D eigenvalue weighted by atomic mass is 10.4. The van der Waals surface area contributed by atoms with Crippen molar-refractivity contribution in [1.82, 2.24) is 19.9 Å². The molecule has 88 valence electrons. The smallest absolute Gasteiger partial charge is 0.322 e. The SMILES string of the molecule is Nc1nc(Cl)nc(OCCN2CCCC2)n1. The molecule has 2 N–H and O–H groups in total. The summed E-state index contributed by atoms with van der Waals surface area (Å²) in [6.07, 6.45) is 2.54. The number of hydrogen-bond acceptors (Lipinski definition) is 6. The van der Waals surface area contributed by atoms with Crippen LogP contribution in [0.15, 0.2) is 0 Å². The second-order valence-electron chi connectivity index (χ2n) is 3.64. The van der Waals surface area contributed by atoms with Gasteiger partial charge in [-0.05, 0) is 37.5 Å². The van der Waals surface area contributed by atoms with E-state index in [4.69, 9.17) is 22.1 Å². The Hall–Kier alpha value is -1.14. The quantitative estimate of drug-likeness (QED) is 0.834. The number of rotatable bonds is 4. The first-order valence-electron chi connectivity index (χ1n) is 5.26. The summed E-state index contributed by atoms with van der Waals surface area (Å²) < 4.78 is 5.36. The number of nitrogens with two attached hydrogens (primary N) is 1.